The molecule has 0 spiro atoms. The van der Waals surface area contributed by atoms with Crippen molar-refractivity contribution in [2.24, 2.45) is 5.92 Å². The third kappa shape index (κ3) is 3.65. The largest absolute Gasteiger partial charge is 0.497 e. The van der Waals surface area contributed by atoms with Gasteiger partial charge in [-0.25, -0.2) is 9.59 Å². The number of aromatic carboxylic acids is 1. The van der Waals surface area contributed by atoms with Crippen LogP contribution < -0.4 is 10.1 Å². The minimum atomic E-state index is -1.08. The molecule has 6 nitrogen and oxygen atoms in total. The Hall–Kier alpha value is -2.24. The minimum absolute atomic E-state index is 0.0502. The number of carboxylic acids is 1. The van der Waals surface area contributed by atoms with Gasteiger partial charge in [0.1, 0.15) is 5.75 Å². The zero-order chi connectivity index (χ0) is 15.4. The predicted octanol–water partition coefficient (Wildman–Crippen LogP) is 2.66. The Labute approximate surface area is 123 Å². The van der Waals surface area contributed by atoms with Crippen LogP contribution in [0, 0.1) is 5.92 Å². The Morgan fingerprint density at radius 3 is 2.81 bits per heavy atom. The van der Waals surface area contributed by atoms with E-state index in [-0.39, 0.29) is 17.3 Å². The molecule has 1 saturated heterocycles. The van der Waals surface area contributed by atoms with Gasteiger partial charge in [0.15, 0.2) is 0 Å². The van der Waals surface area contributed by atoms with Crippen molar-refractivity contribution in [1.29, 1.82) is 0 Å². The maximum Gasteiger partial charge on any atom is 0.337 e. The van der Waals surface area contributed by atoms with Crippen LogP contribution in [-0.4, -0.2) is 42.2 Å². The highest BCUT2D eigenvalue weighted by atomic mass is 16.5. The summed E-state index contributed by atoms with van der Waals surface area (Å²) in [5.74, 6) is -0.115. The molecule has 114 valence electrons. The molecule has 0 radical (unpaired) electrons. The first-order valence-corrected chi connectivity index (χ1v) is 6.98. The van der Waals surface area contributed by atoms with E-state index in [4.69, 9.17) is 4.74 Å². The van der Waals surface area contributed by atoms with E-state index >= 15 is 0 Å². The van der Waals surface area contributed by atoms with Gasteiger partial charge in [0.05, 0.1) is 18.4 Å². The Balaban J connectivity index is 2.17. The fourth-order valence-electron chi connectivity index (χ4n) is 2.51. The van der Waals surface area contributed by atoms with E-state index in [1.807, 2.05) is 0 Å². The molecule has 1 aromatic carbocycles. The van der Waals surface area contributed by atoms with Crippen molar-refractivity contribution in [1.82, 2.24) is 4.90 Å². The highest BCUT2D eigenvalue weighted by Crippen LogP contribution is 2.24. The lowest BCUT2D eigenvalue weighted by Crippen LogP contribution is -2.41. The molecule has 0 bridgehead atoms. The first-order chi connectivity index (χ1) is 10.0. The first-order valence-electron chi connectivity index (χ1n) is 6.98. The summed E-state index contributed by atoms with van der Waals surface area (Å²) >= 11 is 0. The lowest BCUT2D eigenvalue weighted by atomic mass is 10.0. The Morgan fingerprint density at radius 2 is 2.19 bits per heavy atom. The maximum atomic E-state index is 12.3. The van der Waals surface area contributed by atoms with E-state index in [1.54, 1.807) is 11.0 Å². The number of carbonyl (C=O) groups is 2. The van der Waals surface area contributed by atoms with Gasteiger partial charge >= 0.3 is 12.0 Å². The molecule has 0 saturated carbocycles. The van der Waals surface area contributed by atoms with Gasteiger partial charge in [-0.1, -0.05) is 6.92 Å². The van der Waals surface area contributed by atoms with Crippen LogP contribution in [0.25, 0.3) is 0 Å². The molecule has 1 unspecified atom stereocenters. The van der Waals surface area contributed by atoms with Gasteiger partial charge < -0.3 is 20.1 Å². The topological polar surface area (TPSA) is 78.9 Å². The Morgan fingerprint density at radius 1 is 1.43 bits per heavy atom. The van der Waals surface area contributed by atoms with E-state index in [0.29, 0.717) is 24.8 Å². The van der Waals surface area contributed by atoms with Crippen molar-refractivity contribution < 1.29 is 19.4 Å². The molecule has 1 atom stereocenters. The van der Waals surface area contributed by atoms with Crippen molar-refractivity contribution in [3.8, 4) is 5.75 Å². The standard InChI is InChI=1S/C15H20N2O4/c1-10-4-3-7-17(9-10)15(20)16-13-8-11(21-2)5-6-12(13)14(18)19/h5-6,8,10H,3-4,7,9H2,1-2H3,(H,16,20)(H,18,19). The quantitative estimate of drug-likeness (QED) is 0.897. The van der Waals surface area contributed by atoms with Gasteiger partial charge in [-0.3, -0.25) is 0 Å². The molecule has 6 heteroatoms. The van der Waals surface area contributed by atoms with Crippen LogP contribution in [0.15, 0.2) is 18.2 Å². The number of amides is 2. The number of urea groups is 1. The number of likely N-dealkylation sites (tertiary alicyclic amines) is 1. The Kier molecular flexibility index (Phi) is 4.67. The number of carbonyl (C=O) groups excluding carboxylic acids is 1. The Bertz CT molecular complexity index is 544. The summed E-state index contributed by atoms with van der Waals surface area (Å²) < 4.78 is 5.08. The number of benzene rings is 1. The lowest BCUT2D eigenvalue weighted by molar-refractivity contribution is 0.0698. The molecule has 1 aliphatic rings. The fraction of sp³-hybridized carbons (Fsp3) is 0.467. The summed E-state index contributed by atoms with van der Waals surface area (Å²) in [7, 11) is 1.49. The van der Waals surface area contributed by atoms with E-state index in [0.717, 1.165) is 12.8 Å². The average Bonchev–Trinajstić information content (AvgIpc) is 2.46. The number of methoxy groups -OCH3 is 1. The number of nitrogens with one attached hydrogen (secondary N) is 1. The van der Waals surface area contributed by atoms with Crippen LogP contribution in [0.4, 0.5) is 10.5 Å². The normalized spacial score (nSPS) is 18.2. The van der Waals surface area contributed by atoms with Crippen molar-refractivity contribution in [2.45, 2.75) is 19.8 Å². The summed E-state index contributed by atoms with van der Waals surface area (Å²) in [6, 6.07) is 4.24. The molecular formula is C15H20N2O4. The van der Waals surface area contributed by atoms with E-state index in [1.165, 1.54) is 19.2 Å². The van der Waals surface area contributed by atoms with E-state index in [2.05, 4.69) is 12.2 Å². The van der Waals surface area contributed by atoms with Crippen molar-refractivity contribution in [3.63, 3.8) is 0 Å². The van der Waals surface area contributed by atoms with Gasteiger partial charge in [0.2, 0.25) is 0 Å². The summed E-state index contributed by atoms with van der Waals surface area (Å²) in [5.41, 5.74) is 0.305. The number of piperidine rings is 1. The monoisotopic (exact) mass is 292 g/mol. The fourth-order valence-corrected chi connectivity index (χ4v) is 2.51. The molecule has 0 aliphatic carbocycles. The first kappa shape index (κ1) is 15.2. The molecule has 1 aromatic rings. The third-order valence-corrected chi connectivity index (χ3v) is 3.64. The van der Waals surface area contributed by atoms with E-state index in [9.17, 15) is 14.7 Å². The number of hydrogen-bond donors (Lipinski definition) is 2. The zero-order valence-electron chi connectivity index (χ0n) is 12.3. The molecule has 1 fully saturated rings. The van der Waals surface area contributed by atoms with Crippen molar-refractivity contribution in [2.75, 3.05) is 25.5 Å². The molecule has 2 N–H and O–H groups in total. The van der Waals surface area contributed by atoms with Crippen molar-refractivity contribution >= 4 is 17.7 Å². The molecule has 0 aromatic heterocycles. The molecule has 1 heterocycles. The van der Waals surface area contributed by atoms with Crippen LogP contribution in [-0.2, 0) is 0 Å². The van der Waals surface area contributed by atoms with Crippen LogP contribution in [0.1, 0.15) is 30.1 Å². The second kappa shape index (κ2) is 6.47. The second-order valence-electron chi connectivity index (χ2n) is 5.34. The number of anilines is 1. The van der Waals surface area contributed by atoms with Crippen LogP contribution in [0.5, 0.6) is 5.75 Å². The van der Waals surface area contributed by atoms with Crippen LogP contribution in [0.2, 0.25) is 0 Å². The lowest BCUT2D eigenvalue weighted by Gasteiger charge is -2.31. The predicted molar refractivity (Wildman–Crippen MR) is 78.9 cm³/mol. The number of ether oxygens (including phenoxy) is 1. The molecule has 21 heavy (non-hydrogen) atoms. The van der Waals surface area contributed by atoms with Crippen molar-refractivity contribution in [3.05, 3.63) is 23.8 Å². The molecule has 2 rings (SSSR count). The SMILES string of the molecule is COc1ccc(C(=O)O)c(NC(=O)N2CCCC(C)C2)c1. The molecule has 1 aliphatic heterocycles. The minimum Gasteiger partial charge on any atom is -0.497 e. The maximum absolute atomic E-state index is 12.3. The van der Waals surface area contributed by atoms with E-state index < -0.39 is 5.97 Å². The highest BCUT2D eigenvalue weighted by Gasteiger charge is 2.22. The summed E-state index contributed by atoms with van der Waals surface area (Å²) in [5, 5.41) is 11.9. The number of hydrogen-bond acceptors (Lipinski definition) is 3. The molecular weight excluding hydrogens is 272 g/mol. The third-order valence-electron chi connectivity index (χ3n) is 3.64. The summed E-state index contributed by atoms with van der Waals surface area (Å²) in [6.07, 6.45) is 2.09. The average molecular weight is 292 g/mol. The smallest absolute Gasteiger partial charge is 0.337 e. The second-order valence-corrected chi connectivity index (χ2v) is 5.34. The van der Waals surface area contributed by atoms with Gasteiger partial charge in [-0.15, -0.1) is 0 Å². The summed E-state index contributed by atoms with van der Waals surface area (Å²) in [4.78, 5) is 25.2. The summed E-state index contributed by atoms with van der Waals surface area (Å²) in [6.45, 7) is 3.49. The van der Waals surface area contributed by atoms with Gasteiger partial charge in [-0.2, -0.15) is 0 Å². The zero-order valence-corrected chi connectivity index (χ0v) is 12.3. The van der Waals surface area contributed by atoms with Gasteiger partial charge in [-0.05, 0) is 30.9 Å². The number of carboxylic acid groups (broad SMARTS) is 1. The number of rotatable bonds is 3. The highest BCUT2D eigenvalue weighted by molar-refractivity contribution is 6.00. The van der Waals surface area contributed by atoms with Crippen LogP contribution in [0.3, 0.4) is 0 Å². The van der Waals surface area contributed by atoms with Gasteiger partial charge in [0.25, 0.3) is 0 Å². The van der Waals surface area contributed by atoms with Gasteiger partial charge in [0, 0.05) is 19.2 Å². The van der Waals surface area contributed by atoms with Crippen LogP contribution >= 0.6 is 0 Å². The molecule has 2 amide bonds. The number of nitrogens with zero attached hydrogens (tertiary/aromatic N) is 1.